The number of fused-ring (bicyclic) bond motifs is 2. The van der Waals surface area contributed by atoms with Crippen LogP contribution in [0.25, 0.3) is 0 Å². The Morgan fingerprint density at radius 2 is 1.47 bits per heavy atom. The average molecular weight is 485 g/mol. The fourth-order valence-corrected chi connectivity index (χ4v) is 4.37. The van der Waals surface area contributed by atoms with Crippen LogP contribution in [0.4, 0.5) is 33.3 Å². The molecule has 2 aliphatic rings. The molecule has 0 aliphatic carbocycles. The largest absolute Gasteiger partial charge is 0.416 e. The standard InChI is InChI=1S/C14H19F2N.C11H12F3N.C2H6/c1-3-10(2)17-8-4-5-11-6-7-12(14(15)16)9-13(11)17;1-15-6-2-3-8-4-5-9(7-10(8)15)11(12,13)14;1-2/h6-7,9-10,14H,3-5,8H2,1-2H3;4-5,7H,2-3,6H2,1H3;1-2H3. The summed E-state index contributed by atoms with van der Waals surface area (Å²) in [5.41, 5.74) is 3.53. The lowest BCUT2D eigenvalue weighted by molar-refractivity contribution is -0.137. The zero-order chi connectivity index (χ0) is 25.5. The highest BCUT2D eigenvalue weighted by Crippen LogP contribution is 2.35. The summed E-state index contributed by atoms with van der Waals surface area (Å²) in [4.78, 5) is 4.15. The highest BCUT2D eigenvalue weighted by atomic mass is 19.4. The number of aryl methyl sites for hydroxylation is 2. The van der Waals surface area contributed by atoms with Gasteiger partial charge in [-0.1, -0.05) is 39.0 Å². The Morgan fingerprint density at radius 3 is 2.06 bits per heavy atom. The zero-order valence-electron chi connectivity index (χ0n) is 20.9. The Labute approximate surface area is 200 Å². The molecule has 1 atom stereocenters. The van der Waals surface area contributed by atoms with Crippen molar-refractivity contribution in [2.24, 2.45) is 0 Å². The van der Waals surface area contributed by atoms with Crippen molar-refractivity contribution >= 4 is 11.4 Å². The first-order valence-corrected chi connectivity index (χ1v) is 12.2. The molecule has 2 heterocycles. The molecule has 2 nitrogen and oxygen atoms in total. The summed E-state index contributed by atoms with van der Waals surface area (Å²) in [6.45, 7) is 10.1. The lowest BCUT2D eigenvalue weighted by Crippen LogP contribution is -2.36. The summed E-state index contributed by atoms with van der Waals surface area (Å²) in [6, 6.07) is 9.52. The van der Waals surface area contributed by atoms with Crippen molar-refractivity contribution in [3.8, 4) is 0 Å². The van der Waals surface area contributed by atoms with Crippen molar-refractivity contribution in [3.05, 3.63) is 58.7 Å². The summed E-state index contributed by atoms with van der Waals surface area (Å²) in [5.74, 6) is 0. The van der Waals surface area contributed by atoms with Crippen molar-refractivity contribution in [3.63, 3.8) is 0 Å². The number of rotatable bonds is 3. The zero-order valence-corrected chi connectivity index (χ0v) is 20.9. The molecule has 2 aliphatic heterocycles. The molecule has 1 unspecified atom stereocenters. The van der Waals surface area contributed by atoms with Crippen LogP contribution in [0.2, 0.25) is 0 Å². The number of hydrogen-bond donors (Lipinski definition) is 0. The maximum absolute atomic E-state index is 12.7. The van der Waals surface area contributed by atoms with Gasteiger partial charge in [-0.3, -0.25) is 0 Å². The summed E-state index contributed by atoms with van der Waals surface area (Å²) < 4.78 is 62.9. The quantitative estimate of drug-likeness (QED) is 0.404. The molecule has 0 saturated carbocycles. The van der Waals surface area contributed by atoms with E-state index in [4.69, 9.17) is 0 Å². The second kappa shape index (κ2) is 12.4. The van der Waals surface area contributed by atoms with Crippen molar-refractivity contribution in [1.82, 2.24) is 0 Å². The van der Waals surface area contributed by atoms with Crippen molar-refractivity contribution in [2.45, 2.75) is 78.4 Å². The topological polar surface area (TPSA) is 6.48 Å². The van der Waals surface area contributed by atoms with Crippen LogP contribution in [0.3, 0.4) is 0 Å². The third-order valence-electron chi connectivity index (χ3n) is 6.40. The number of hydrogen-bond acceptors (Lipinski definition) is 2. The molecule has 0 spiro atoms. The van der Waals surface area contributed by atoms with Gasteiger partial charge in [0.15, 0.2) is 0 Å². The maximum atomic E-state index is 12.7. The molecule has 4 rings (SSSR count). The molecule has 7 heteroatoms. The highest BCUT2D eigenvalue weighted by Gasteiger charge is 2.31. The van der Waals surface area contributed by atoms with E-state index in [1.807, 2.05) is 31.9 Å². The van der Waals surface area contributed by atoms with Gasteiger partial charge in [0.1, 0.15) is 0 Å². The van der Waals surface area contributed by atoms with Gasteiger partial charge in [-0.25, -0.2) is 8.78 Å². The van der Waals surface area contributed by atoms with Crippen LogP contribution in [-0.4, -0.2) is 26.2 Å². The molecule has 0 saturated heterocycles. The Bertz CT molecular complexity index is 910. The van der Waals surface area contributed by atoms with E-state index in [1.165, 1.54) is 11.6 Å². The normalized spacial score (nSPS) is 16.0. The van der Waals surface area contributed by atoms with Gasteiger partial charge in [0.05, 0.1) is 5.56 Å². The van der Waals surface area contributed by atoms with Gasteiger partial charge >= 0.3 is 6.18 Å². The van der Waals surface area contributed by atoms with E-state index < -0.39 is 18.2 Å². The predicted octanol–water partition coefficient (Wildman–Crippen LogP) is 8.29. The molecule has 2 aromatic carbocycles. The van der Waals surface area contributed by atoms with E-state index in [0.29, 0.717) is 6.04 Å². The number of alkyl halides is 5. The number of anilines is 2. The molecule has 2 aromatic rings. The van der Waals surface area contributed by atoms with Crippen LogP contribution in [0.1, 0.15) is 75.6 Å². The lowest BCUT2D eigenvalue weighted by atomic mass is 9.98. The first-order valence-electron chi connectivity index (χ1n) is 12.2. The van der Waals surface area contributed by atoms with Crippen molar-refractivity contribution in [1.29, 1.82) is 0 Å². The smallest absolute Gasteiger partial charge is 0.374 e. The van der Waals surface area contributed by atoms with Crippen LogP contribution < -0.4 is 9.80 Å². The highest BCUT2D eigenvalue weighted by molar-refractivity contribution is 5.58. The first-order chi connectivity index (χ1) is 16.1. The first kappa shape index (κ1) is 27.9. The second-order valence-electron chi connectivity index (χ2n) is 8.61. The van der Waals surface area contributed by atoms with Crippen LogP contribution in [0.5, 0.6) is 0 Å². The number of nitrogens with zero attached hydrogens (tertiary/aromatic N) is 2. The van der Waals surface area contributed by atoms with Gasteiger partial charge in [0.25, 0.3) is 6.43 Å². The Morgan fingerprint density at radius 1 is 0.882 bits per heavy atom. The third-order valence-corrected chi connectivity index (χ3v) is 6.40. The minimum Gasteiger partial charge on any atom is -0.374 e. The fraction of sp³-hybridized carbons (Fsp3) is 0.556. The molecule has 0 bridgehead atoms. The third kappa shape index (κ3) is 6.86. The molecule has 0 amide bonds. The van der Waals surface area contributed by atoms with Crippen LogP contribution in [0, 0.1) is 0 Å². The minimum absolute atomic E-state index is 0.138. The lowest BCUT2D eigenvalue weighted by Gasteiger charge is -2.36. The van der Waals surface area contributed by atoms with Gasteiger partial charge in [-0.05, 0) is 68.4 Å². The Hall–Kier alpha value is -2.31. The molecule has 0 radical (unpaired) electrons. The second-order valence-corrected chi connectivity index (χ2v) is 8.61. The van der Waals surface area contributed by atoms with Crippen molar-refractivity contribution < 1.29 is 22.0 Å². The molecular weight excluding hydrogens is 447 g/mol. The van der Waals surface area contributed by atoms with E-state index in [2.05, 4.69) is 18.7 Å². The van der Waals surface area contributed by atoms with E-state index >= 15 is 0 Å². The summed E-state index contributed by atoms with van der Waals surface area (Å²) in [6.07, 6.45) is -1.57. The Kier molecular flexibility index (Phi) is 10.2. The molecule has 190 valence electrons. The predicted molar refractivity (Wildman–Crippen MR) is 131 cm³/mol. The summed E-state index contributed by atoms with van der Waals surface area (Å²) in [7, 11) is 1.83. The van der Waals surface area contributed by atoms with E-state index in [0.717, 1.165) is 68.2 Å². The molecule has 0 N–H and O–H groups in total. The van der Waals surface area contributed by atoms with E-state index in [9.17, 15) is 22.0 Å². The van der Waals surface area contributed by atoms with Gasteiger partial charge < -0.3 is 9.80 Å². The number of halogens is 5. The van der Waals surface area contributed by atoms with Gasteiger partial charge in [-0.15, -0.1) is 0 Å². The van der Waals surface area contributed by atoms with Crippen LogP contribution >= 0.6 is 0 Å². The van der Waals surface area contributed by atoms with Crippen LogP contribution in [-0.2, 0) is 19.0 Å². The molecule has 34 heavy (non-hydrogen) atoms. The fourth-order valence-electron chi connectivity index (χ4n) is 4.37. The van der Waals surface area contributed by atoms with Gasteiger partial charge in [0.2, 0.25) is 0 Å². The van der Waals surface area contributed by atoms with Crippen molar-refractivity contribution in [2.75, 3.05) is 29.9 Å². The SMILES string of the molecule is CC.CCC(C)N1CCCc2ccc(C(F)F)cc21.CN1CCCc2ccc(C(F)(F)F)cc21. The summed E-state index contributed by atoms with van der Waals surface area (Å²) >= 11 is 0. The molecular formula is C27H37F5N2. The minimum atomic E-state index is -4.24. The van der Waals surface area contributed by atoms with Gasteiger partial charge in [0, 0.05) is 43.1 Å². The average Bonchev–Trinajstić information content (AvgIpc) is 2.84. The van der Waals surface area contributed by atoms with E-state index in [-0.39, 0.29) is 5.56 Å². The number of benzene rings is 2. The maximum Gasteiger partial charge on any atom is 0.416 e. The van der Waals surface area contributed by atoms with Crippen LogP contribution in [0.15, 0.2) is 36.4 Å². The van der Waals surface area contributed by atoms with E-state index in [1.54, 1.807) is 18.2 Å². The molecule has 0 aromatic heterocycles. The monoisotopic (exact) mass is 484 g/mol. The summed E-state index contributed by atoms with van der Waals surface area (Å²) in [5, 5.41) is 0. The molecule has 0 fully saturated rings. The Balaban J connectivity index is 0.000000225. The van der Waals surface area contributed by atoms with Gasteiger partial charge in [-0.2, -0.15) is 13.2 Å².